The summed E-state index contributed by atoms with van der Waals surface area (Å²) < 4.78 is 4.88. The van der Waals surface area contributed by atoms with E-state index < -0.39 is 0 Å². The van der Waals surface area contributed by atoms with E-state index in [-0.39, 0.29) is 23.7 Å². The Hall–Kier alpha value is -1.51. The van der Waals surface area contributed by atoms with Gasteiger partial charge in [-0.25, -0.2) is 0 Å². The molecule has 0 atom stereocenters. The van der Waals surface area contributed by atoms with Gasteiger partial charge >= 0.3 is 0 Å². The maximum Gasteiger partial charge on any atom is 0.207 e. The molecule has 0 aromatic carbocycles. The average molecular weight is 152 g/mol. The van der Waals surface area contributed by atoms with Gasteiger partial charge in [-0.05, 0) is 6.08 Å². The number of aliphatic hydroxyl groups is 1. The summed E-state index contributed by atoms with van der Waals surface area (Å²) in [4.78, 5) is 10.9. The predicted molar refractivity (Wildman–Crippen MR) is 40.0 cm³/mol. The molecule has 0 saturated heterocycles. The zero-order valence-electron chi connectivity index (χ0n) is 5.96. The molecule has 0 amide bonds. The fourth-order valence-corrected chi connectivity index (χ4v) is 0.889. The molecule has 1 rings (SSSR count). The zero-order chi connectivity index (χ0) is 8.43. The number of carbonyl (C=O) groups is 1. The fourth-order valence-electron chi connectivity index (χ4n) is 0.889. The van der Waals surface area contributed by atoms with Crippen molar-refractivity contribution in [1.82, 2.24) is 0 Å². The Bertz CT molecular complexity index is 261. The van der Waals surface area contributed by atoms with Crippen molar-refractivity contribution in [3.05, 3.63) is 36.3 Å². The molecule has 0 aromatic heterocycles. The molecule has 1 aliphatic rings. The Morgan fingerprint density at radius 3 is 2.73 bits per heavy atom. The standard InChI is InChI=1S/C8H8O3/c1-3-7-8(5(2)9)6(10)4-11-7/h3,9H,1-2,4H2. The Morgan fingerprint density at radius 2 is 2.36 bits per heavy atom. The zero-order valence-corrected chi connectivity index (χ0v) is 5.96. The Morgan fingerprint density at radius 1 is 1.73 bits per heavy atom. The second kappa shape index (κ2) is 2.62. The van der Waals surface area contributed by atoms with Crippen LogP contribution in [0.2, 0.25) is 0 Å². The quantitative estimate of drug-likeness (QED) is 0.602. The average Bonchev–Trinajstić information content (AvgIpc) is 2.30. The van der Waals surface area contributed by atoms with Crippen molar-refractivity contribution >= 4 is 5.78 Å². The third-order valence-electron chi connectivity index (χ3n) is 1.36. The SMILES string of the molecule is C=CC1=C(C(=C)O)C(=O)CO1. The number of Topliss-reactive ketones (excluding diaryl/α,β-unsaturated/α-hetero) is 1. The van der Waals surface area contributed by atoms with Crippen LogP contribution >= 0.6 is 0 Å². The number of ketones is 1. The minimum absolute atomic E-state index is 0.0315. The van der Waals surface area contributed by atoms with E-state index >= 15 is 0 Å². The van der Waals surface area contributed by atoms with Crippen molar-refractivity contribution in [3.8, 4) is 0 Å². The third kappa shape index (κ3) is 1.17. The molecule has 1 aliphatic heterocycles. The van der Waals surface area contributed by atoms with Crippen molar-refractivity contribution in [2.24, 2.45) is 0 Å². The third-order valence-corrected chi connectivity index (χ3v) is 1.36. The van der Waals surface area contributed by atoms with Crippen molar-refractivity contribution in [2.45, 2.75) is 0 Å². The van der Waals surface area contributed by atoms with Crippen molar-refractivity contribution in [3.63, 3.8) is 0 Å². The summed E-state index contributed by atoms with van der Waals surface area (Å²) in [5.74, 6) is -0.211. The van der Waals surface area contributed by atoms with E-state index in [1.807, 2.05) is 0 Å². The summed E-state index contributed by atoms with van der Waals surface area (Å²) in [5, 5.41) is 8.92. The van der Waals surface area contributed by atoms with E-state index in [0.717, 1.165) is 0 Å². The van der Waals surface area contributed by atoms with Crippen LogP contribution in [0.5, 0.6) is 0 Å². The smallest absolute Gasteiger partial charge is 0.207 e. The molecule has 0 aromatic rings. The number of ether oxygens (including phenoxy) is 1. The molecule has 0 bridgehead atoms. The van der Waals surface area contributed by atoms with Gasteiger partial charge in [0.1, 0.15) is 17.1 Å². The second-order valence-corrected chi connectivity index (χ2v) is 2.10. The first kappa shape index (κ1) is 7.60. The number of rotatable bonds is 2. The van der Waals surface area contributed by atoms with Gasteiger partial charge < -0.3 is 9.84 Å². The molecule has 0 saturated carbocycles. The summed E-state index contributed by atoms with van der Waals surface area (Å²) >= 11 is 0. The van der Waals surface area contributed by atoms with Crippen molar-refractivity contribution in [1.29, 1.82) is 0 Å². The summed E-state index contributed by atoms with van der Waals surface area (Å²) in [6, 6.07) is 0. The van der Waals surface area contributed by atoms with Crippen LogP contribution in [0.1, 0.15) is 0 Å². The van der Waals surface area contributed by atoms with Crippen LogP contribution in [0.15, 0.2) is 36.3 Å². The highest BCUT2D eigenvalue weighted by molar-refractivity contribution is 6.02. The van der Waals surface area contributed by atoms with Gasteiger partial charge in [0, 0.05) is 0 Å². The maximum absolute atomic E-state index is 10.9. The molecule has 1 heterocycles. The van der Waals surface area contributed by atoms with E-state index in [1.54, 1.807) is 0 Å². The first-order valence-corrected chi connectivity index (χ1v) is 3.07. The Balaban J connectivity index is 3.09. The van der Waals surface area contributed by atoms with E-state index in [1.165, 1.54) is 6.08 Å². The molecule has 0 spiro atoms. The van der Waals surface area contributed by atoms with Gasteiger partial charge in [-0.1, -0.05) is 13.2 Å². The molecule has 3 nitrogen and oxygen atoms in total. The maximum atomic E-state index is 10.9. The van der Waals surface area contributed by atoms with Gasteiger partial charge in [0.25, 0.3) is 0 Å². The van der Waals surface area contributed by atoms with E-state index in [9.17, 15) is 4.79 Å². The van der Waals surface area contributed by atoms with E-state index in [4.69, 9.17) is 9.84 Å². The summed E-state index contributed by atoms with van der Waals surface area (Å²) in [6.07, 6.45) is 1.38. The van der Waals surface area contributed by atoms with E-state index in [2.05, 4.69) is 13.2 Å². The van der Waals surface area contributed by atoms with Gasteiger partial charge in [-0.15, -0.1) is 0 Å². The molecule has 58 valence electrons. The molecule has 1 N–H and O–H groups in total. The molecule has 11 heavy (non-hydrogen) atoms. The highest BCUT2D eigenvalue weighted by Crippen LogP contribution is 2.20. The van der Waals surface area contributed by atoms with Crippen LogP contribution in [0, 0.1) is 0 Å². The molecule has 0 aliphatic carbocycles. The summed E-state index contributed by atoms with van der Waals surface area (Å²) in [7, 11) is 0. The molecule has 0 fully saturated rings. The minimum atomic E-state index is -0.262. The minimum Gasteiger partial charge on any atom is -0.508 e. The van der Waals surface area contributed by atoms with Crippen LogP contribution in [0.4, 0.5) is 0 Å². The molecular formula is C8H8O3. The fraction of sp³-hybridized carbons (Fsp3) is 0.125. The van der Waals surface area contributed by atoms with Gasteiger partial charge in [-0.3, -0.25) is 4.79 Å². The molecule has 0 radical (unpaired) electrons. The Kier molecular flexibility index (Phi) is 1.81. The van der Waals surface area contributed by atoms with Gasteiger partial charge in [0.05, 0.1) is 0 Å². The molecular weight excluding hydrogens is 144 g/mol. The van der Waals surface area contributed by atoms with Crippen LogP contribution in [-0.4, -0.2) is 17.5 Å². The lowest BCUT2D eigenvalue weighted by molar-refractivity contribution is -0.116. The van der Waals surface area contributed by atoms with Crippen LogP contribution in [0.3, 0.4) is 0 Å². The first-order valence-electron chi connectivity index (χ1n) is 3.07. The predicted octanol–water partition coefficient (Wildman–Crippen LogP) is 1.10. The lowest BCUT2D eigenvalue weighted by atomic mass is 10.1. The van der Waals surface area contributed by atoms with Crippen LogP contribution < -0.4 is 0 Å². The second-order valence-electron chi connectivity index (χ2n) is 2.10. The molecule has 0 unspecified atom stereocenters. The van der Waals surface area contributed by atoms with Crippen molar-refractivity contribution < 1.29 is 14.6 Å². The number of carbonyl (C=O) groups excluding carboxylic acids is 1. The number of allylic oxidation sites excluding steroid dienone is 2. The van der Waals surface area contributed by atoms with E-state index in [0.29, 0.717) is 5.76 Å². The Labute approximate surface area is 64.3 Å². The highest BCUT2D eigenvalue weighted by atomic mass is 16.5. The summed E-state index contributed by atoms with van der Waals surface area (Å²) in [6.45, 7) is 6.63. The van der Waals surface area contributed by atoms with Crippen molar-refractivity contribution in [2.75, 3.05) is 6.61 Å². The van der Waals surface area contributed by atoms with Crippen LogP contribution in [-0.2, 0) is 9.53 Å². The number of hydrogen-bond acceptors (Lipinski definition) is 3. The van der Waals surface area contributed by atoms with Gasteiger partial charge in [-0.2, -0.15) is 0 Å². The highest BCUT2D eigenvalue weighted by Gasteiger charge is 2.24. The molecule has 3 heteroatoms. The van der Waals surface area contributed by atoms with Gasteiger partial charge in [0.15, 0.2) is 6.61 Å². The normalized spacial score (nSPS) is 16.5. The monoisotopic (exact) mass is 152 g/mol. The first-order chi connectivity index (χ1) is 5.16. The number of hydrogen-bond donors (Lipinski definition) is 1. The topological polar surface area (TPSA) is 46.5 Å². The lowest BCUT2D eigenvalue weighted by Gasteiger charge is -1.95. The largest absolute Gasteiger partial charge is 0.508 e. The van der Waals surface area contributed by atoms with Gasteiger partial charge in [0.2, 0.25) is 5.78 Å². The lowest BCUT2D eigenvalue weighted by Crippen LogP contribution is -2.02. The number of aliphatic hydroxyl groups excluding tert-OH is 1. The summed E-state index contributed by atoms with van der Waals surface area (Å²) in [5.41, 5.74) is 0.139. The van der Waals surface area contributed by atoms with Crippen LogP contribution in [0.25, 0.3) is 0 Å².